The zero-order valence-corrected chi connectivity index (χ0v) is 9.23. The standard InChI is InChI=1S/C10H18N4O/c1-3-14-5-4-12-9(10(14)15)13-7-8(2)6-11/h4-5,8H,3,6-7,11H2,1-2H3,(H,12,13). The van der Waals surface area contributed by atoms with E-state index < -0.39 is 0 Å². The van der Waals surface area contributed by atoms with Gasteiger partial charge >= 0.3 is 0 Å². The van der Waals surface area contributed by atoms with Crippen LogP contribution in [-0.2, 0) is 6.54 Å². The van der Waals surface area contributed by atoms with Gasteiger partial charge in [0, 0.05) is 25.5 Å². The molecule has 0 aliphatic carbocycles. The second kappa shape index (κ2) is 5.50. The lowest BCUT2D eigenvalue weighted by atomic mass is 10.2. The van der Waals surface area contributed by atoms with Gasteiger partial charge in [0.1, 0.15) is 0 Å². The normalized spacial score (nSPS) is 12.5. The summed E-state index contributed by atoms with van der Waals surface area (Å²) in [6.07, 6.45) is 3.31. The third-order valence-corrected chi connectivity index (χ3v) is 2.27. The predicted octanol–water partition coefficient (Wildman–Crippen LogP) is 0.270. The first-order valence-electron chi connectivity index (χ1n) is 5.18. The fraction of sp³-hybridized carbons (Fsp3) is 0.600. The third kappa shape index (κ3) is 3.06. The Bertz CT molecular complexity index is 361. The van der Waals surface area contributed by atoms with Crippen molar-refractivity contribution in [2.75, 3.05) is 18.4 Å². The Morgan fingerprint density at radius 2 is 2.40 bits per heavy atom. The van der Waals surface area contributed by atoms with Gasteiger partial charge in [0.05, 0.1) is 0 Å². The molecule has 0 aliphatic heterocycles. The van der Waals surface area contributed by atoms with Crippen LogP contribution in [0.3, 0.4) is 0 Å². The summed E-state index contributed by atoms with van der Waals surface area (Å²) in [7, 11) is 0. The highest BCUT2D eigenvalue weighted by molar-refractivity contribution is 5.30. The summed E-state index contributed by atoms with van der Waals surface area (Å²) in [6.45, 7) is 5.87. The number of nitrogens with two attached hydrogens (primary N) is 1. The quantitative estimate of drug-likeness (QED) is 0.731. The number of aryl methyl sites for hydroxylation is 1. The Labute approximate surface area is 89.3 Å². The molecule has 1 atom stereocenters. The van der Waals surface area contributed by atoms with Crippen molar-refractivity contribution in [2.24, 2.45) is 11.7 Å². The number of aromatic nitrogens is 2. The van der Waals surface area contributed by atoms with Gasteiger partial charge in [-0.05, 0) is 19.4 Å². The average molecular weight is 210 g/mol. The maximum atomic E-state index is 11.7. The molecule has 0 amide bonds. The molecule has 15 heavy (non-hydrogen) atoms. The third-order valence-electron chi connectivity index (χ3n) is 2.27. The van der Waals surface area contributed by atoms with Crippen molar-refractivity contribution in [3.05, 3.63) is 22.7 Å². The summed E-state index contributed by atoms with van der Waals surface area (Å²) < 4.78 is 1.61. The molecule has 1 heterocycles. The molecule has 1 aromatic rings. The lowest BCUT2D eigenvalue weighted by Gasteiger charge is -2.10. The van der Waals surface area contributed by atoms with Crippen LogP contribution in [-0.4, -0.2) is 22.6 Å². The number of nitrogens with zero attached hydrogens (tertiary/aromatic N) is 2. The van der Waals surface area contributed by atoms with Crippen LogP contribution >= 0.6 is 0 Å². The van der Waals surface area contributed by atoms with Crippen molar-refractivity contribution in [2.45, 2.75) is 20.4 Å². The maximum Gasteiger partial charge on any atom is 0.293 e. The van der Waals surface area contributed by atoms with Gasteiger partial charge in [-0.1, -0.05) is 6.92 Å². The van der Waals surface area contributed by atoms with Crippen molar-refractivity contribution in [1.29, 1.82) is 0 Å². The number of nitrogens with one attached hydrogen (secondary N) is 1. The number of anilines is 1. The summed E-state index contributed by atoms with van der Waals surface area (Å²) >= 11 is 0. The maximum absolute atomic E-state index is 11.7. The Balaban J connectivity index is 2.73. The Kier molecular flexibility index (Phi) is 4.30. The highest BCUT2D eigenvalue weighted by Gasteiger charge is 2.04. The van der Waals surface area contributed by atoms with E-state index in [1.807, 2.05) is 13.8 Å². The monoisotopic (exact) mass is 210 g/mol. The van der Waals surface area contributed by atoms with Crippen molar-refractivity contribution in [1.82, 2.24) is 9.55 Å². The molecule has 1 unspecified atom stereocenters. The zero-order chi connectivity index (χ0) is 11.3. The molecular formula is C10H18N4O. The Hall–Kier alpha value is -1.36. The fourth-order valence-electron chi connectivity index (χ4n) is 1.17. The minimum Gasteiger partial charge on any atom is -0.365 e. The molecule has 5 heteroatoms. The molecular weight excluding hydrogens is 192 g/mol. The summed E-state index contributed by atoms with van der Waals surface area (Å²) in [4.78, 5) is 15.7. The van der Waals surface area contributed by atoms with Gasteiger partial charge in [-0.25, -0.2) is 4.98 Å². The van der Waals surface area contributed by atoms with E-state index in [2.05, 4.69) is 10.3 Å². The second-order valence-corrected chi connectivity index (χ2v) is 3.59. The van der Waals surface area contributed by atoms with Gasteiger partial charge in [0.25, 0.3) is 5.56 Å². The number of hydrogen-bond donors (Lipinski definition) is 2. The van der Waals surface area contributed by atoms with E-state index in [0.29, 0.717) is 31.4 Å². The lowest BCUT2D eigenvalue weighted by molar-refractivity contribution is 0.624. The minimum absolute atomic E-state index is 0.0794. The van der Waals surface area contributed by atoms with Gasteiger partial charge in [-0.2, -0.15) is 0 Å². The van der Waals surface area contributed by atoms with Crippen LogP contribution in [0.25, 0.3) is 0 Å². The largest absolute Gasteiger partial charge is 0.365 e. The van der Waals surface area contributed by atoms with Gasteiger partial charge < -0.3 is 15.6 Å². The molecule has 0 saturated carbocycles. The van der Waals surface area contributed by atoms with Crippen molar-refractivity contribution < 1.29 is 0 Å². The molecule has 0 fully saturated rings. The minimum atomic E-state index is -0.0794. The molecule has 0 spiro atoms. The van der Waals surface area contributed by atoms with E-state index in [0.717, 1.165) is 0 Å². The summed E-state index contributed by atoms with van der Waals surface area (Å²) in [6, 6.07) is 0. The first-order chi connectivity index (χ1) is 7.19. The molecule has 0 radical (unpaired) electrons. The smallest absolute Gasteiger partial charge is 0.293 e. The molecule has 3 N–H and O–H groups in total. The first-order valence-corrected chi connectivity index (χ1v) is 5.18. The topological polar surface area (TPSA) is 72.9 Å². The van der Waals surface area contributed by atoms with Gasteiger partial charge in [-0.3, -0.25) is 4.79 Å². The van der Waals surface area contributed by atoms with Crippen LogP contribution in [0.4, 0.5) is 5.82 Å². The SMILES string of the molecule is CCn1ccnc(NCC(C)CN)c1=O. The van der Waals surface area contributed by atoms with E-state index >= 15 is 0 Å². The van der Waals surface area contributed by atoms with Crippen LogP contribution in [0.5, 0.6) is 0 Å². The van der Waals surface area contributed by atoms with Gasteiger partial charge in [0.2, 0.25) is 0 Å². The molecule has 1 rings (SSSR count). The second-order valence-electron chi connectivity index (χ2n) is 3.59. The number of rotatable bonds is 5. The average Bonchev–Trinajstić information content (AvgIpc) is 2.27. The van der Waals surface area contributed by atoms with Gasteiger partial charge in [0.15, 0.2) is 5.82 Å². The lowest BCUT2D eigenvalue weighted by Crippen LogP contribution is -2.27. The van der Waals surface area contributed by atoms with E-state index in [1.54, 1.807) is 17.0 Å². The van der Waals surface area contributed by atoms with E-state index in [1.165, 1.54) is 0 Å². The van der Waals surface area contributed by atoms with Crippen molar-refractivity contribution >= 4 is 5.82 Å². The van der Waals surface area contributed by atoms with Crippen molar-refractivity contribution in [3.8, 4) is 0 Å². The Morgan fingerprint density at radius 3 is 3.00 bits per heavy atom. The van der Waals surface area contributed by atoms with Crippen LogP contribution in [0, 0.1) is 5.92 Å². The molecule has 0 aliphatic rings. The molecule has 0 aromatic carbocycles. The first kappa shape index (κ1) is 11.7. The number of hydrogen-bond acceptors (Lipinski definition) is 4. The molecule has 1 aromatic heterocycles. The van der Waals surface area contributed by atoms with E-state index in [4.69, 9.17) is 5.73 Å². The fourth-order valence-corrected chi connectivity index (χ4v) is 1.17. The summed E-state index contributed by atoms with van der Waals surface area (Å²) in [5.74, 6) is 0.737. The highest BCUT2D eigenvalue weighted by Crippen LogP contribution is 1.96. The summed E-state index contributed by atoms with van der Waals surface area (Å²) in [5, 5.41) is 3.01. The zero-order valence-electron chi connectivity index (χ0n) is 9.23. The Morgan fingerprint density at radius 1 is 1.67 bits per heavy atom. The van der Waals surface area contributed by atoms with Crippen molar-refractivity contribution in [3.63, 3.8) is 0 Å². The molecule has 5 nitrogen and oxygen atoms in total. The predicted molar refractivity (Wildman–Crippen MR) is 60.9 cm³/mol. The van der Waals surface area contributed by atoms with Gasteiger partial charge in [-0.15, -0.1) is 0 Å². The highest BCUT2D eigenvalue weighted by atomic mass is 16.1. The molecule has 0 bridgehead atoms. The van der Waals surface area contributed by atoms with Crippen LogP contribution in [0.2, 0.25) is 0 Å². The van der Waals surface area contributed by atoms with Crippen LogP contribution in [0.15, 0.2) is 17.2 Å². The molecule has 0 saturated heterocycles. The van der Waals surface area contributed by atoms with E-state index in [9.17, 15) is 4.79 Å². The van der Waals surface area contributed by atoms with Crippen LogP contribution < -0.4 is 16.6 Å². The molecule has 84 valence electrons. The van der Waals surface area contributed by atoms with Crippen LogP contribution in [0.1, 0.15) is 13.8 Å². The summed E-state index contributed by atoms with van der Waals surface area (Å²) in [5.41, 5.74) is 5.41. The van der Waals surface area contributed by atoms with E-state index in [-0.39, 0.29) is 5.56 Å².